The van der Waals surface area contributed by atoms with Gasteiger partial charge in [-0.05, 0) is 31.5 Å². The van der Waals surface area contributed by atoms with Crippen molar-refractivity contribution in [3.8, 4) is 0 Å². The number of hydrogen-bond donors (Lipinski definition) is 1. The Labute approximate surface area is 100 Å². The van der Waals surface area contributed by atoms with E-state index in [2.05, 4.69) is 5.32 Å². The van der Waals surface area contributed by atoms with Gasteiger partial charge in [0.25, 0.3) is 0 Å². The van der Waals surface area contributed by atoms with E-state index in [9.17, 15) is 4.79 Å². The fourth-order valence-corrected chi connectivity index (χ4v) is 2.10. The zero-order valence-corrected chi connectivity index (χ0v) is 9.83. The van der Waals surface area contributed by atoms with Gasteiger partial charge < -0.3 is 10.2 Å². The van der Waals surface area contributed by atoms with Crippen molar-refractivity contribution in [2.24, 2.45) is 0 Å². The Balaban J connectivity index is 2.22. The van der Waals surface area contributed by atoms with Crippen LogP contribution in [-0.2, 0) is 4.79 Å². The van der Waals surface area contributed by atoms with Gasteiger partial charge in [-0.2, -0.15) is 0 Å². The summed E-state index contributed by atoms with van der Waals surface area (Å²) in [6.45, 7) is 2.07. The lowest BCUT2D eigenvalue weighted by atomic mass is 10.2. The normalized spacial score (nSPS) is 18.1. The van der Waals surface area contributed by atoms with Gasteiger partial charge in [0.05, 0.1) is 17.3 Å². The Morgan fingerprint density at radius 2 is 2.06 bits per heavy atom. The monoisotopic (exact) mass is 238 g/mol. The molecule has 0 aliphatic carbocycles. The zero-order valence-electron chi connectivity index (χ0n) is 9.08. The molecule has 1 amide bonds. The maximum absolute atomic E-state index is 11.9. The summed E-state index contributed by atoms with van der Waals surface area (Å²) in [5, 5.41) is 3.76. The third-order valence-electron chi connectivity index (χ3n) is 2.71. The van der Waals surface area contributed by atoms with Crippen LogP contribution in [0, 0.1) is 0 Å². The zero-order chi connectivity index (χ0) is 11.4. The van der Waals surface area contributed by atoms with Crippen molar-refractivity contribution < 1.29 is 4.79 Å². The average molecular weight is 239 g/mol. The largest absolute Gasteiger partial charge is 0.310 e. The molecule has 1 heterocycles. The van der Waals surface area contributed by atoms with Gasteiger partial charge >= 0.3 is 0 Å². The van der Waals surface area contributed by atoms with Crippen LogP contribution in [0.4, 0.5) is 5.69 Å². The molecular weight excluding hydrogens is 224 g/mol. The Bertz CT molecular complexity index is 381. The second kappa shape index (κ2) is 5.32. The number of halogens is 1. The molecule has 0 saturated carbocycles. The number of hydrogen-bond acceptors (Lipinski definition) is 2. The van der Waals surface area contributed by atoms with E-state index in [0.717, 1.165) is 31.6 Å². The highest BCUT2D eigenvalue weighted by atomic mass is 35.5. The molecule has 0 atom stereocenters. The molecule has 0 spiro atoms. The summed E-state index contributed by atoms with van der Waals surface area (Å²) in [5.74, 6) is 0.0906. The van der Waals surface area contributed by atoms with Gasteiger partial charge in [0.15, 0.2) is 0 Å². The summed E-state index contributed by atoms with van der Waals surface area (Å²) in [7, 11) is 0. The number of carbonyl (C=O) groups excluding carboxylic acids is 1. The van der Waals surface area contributed by atoms with Crippen LogP contribution in [0.1, 0.15) is 12.8 Å². The molecule has 1 fully saturated rings. The minimum atomic E-state index is 0.0906. The molecule has 1 aliphatic rings. The van der Waals surface area contributed by atoms with Crippen LogP contribution in [0.15, 0.2) is 24.3 Å². The Hall–Kier alpha value is -1.06. The summed E-state index contributed by atoms with van der Waals surface area (Å²) < 4.78 is 0. The molecule has 3 nitrogen and oxygen atoms in total. The third kappa shape index (κ3) is 2.54. The van der Waals surface area contributed by atoms with Crippen LogP contribution in [0.25, 0.3) is 0 Å². The van der Waals surface area contributed by atoms with Gasteiger partial charge in [0, 0.05) is 6.54 Å². The highest BCUT2D eigenvalue weighted by molar-refractivity contribution is 6.33. The molecule has 1 saturated heterocycles. The lowest BCUT2D eigenvalue weighted by Gasteiger charge is -2.26. The van der Waals surface area contributed by atoms with Crippen LogP contribution >= 0.6 is 11.6 Å². The minimum Gasteiger partial charge on any atom is -0.310 e. The van der Waals surface area contributed by atoms with E-state index >= 15 is 0 Å². The molecule has 86 valence electrons. The molecule has 0 bridgehead atoms. The Morgan fingerprint density at radius 3 is 2.88 bits per heavy atom. The highest BCUT2D eigenvalue weighted by Crippen LogP contribution is 2.25. The molecule has 0 radical (unpaired) electrons. The van der Waals surface area contributed by atoms with Crippen LogP contribution in [0.3, 0.4) is 0 Å². The first-order valence-electron chi connectivity index (χ1n) is 5.54. The quantitative estimate of drug-likeness (QED) is 0.812. The first-order valence-corrected chi connectivity index (χ1v) is 5.92. The highest BCUT2D eigenvalue weighted by Gasteiger charge is 2.18. The van der Waals surface area contributed by atoms with Crippen molar-refractivity contribution in [3.63, 3.8) is 0 Å². The van der Waals surface area contributed by atoms with E-state index < -0.39 is 0 Å². The number of carbonyl (C=O) groups is 1. The molecule has 1 N–H and O–H groups in total. The molecule has 1 aliphatic heterocycles. The molecule has 4 heteroatoms. The standard InChI is InChI=1S/C12H15ClN2O/c13-10-5-1-2-6-11(10)15-8-4-3-7-14-9-12(15)16/h1-2,5-6,14H,3-4,7-9H2. The molecule has 1 aromatic carbocycles. The number of anilines is 1. The van der Waals surface area contributed by atoms with Crippen LogP contribution in [0.2, 0.25) is 5.02 Å². The first kappa shape index (κ1) is 11.4. The minimum absolute atomic E-state index is 0.0906. The van der Waals surface area contributed by atoms with E-state index in [-0.39, 0.29) is 5.91 Å². The van der Waals surface area contributed by atoms with Crippen LogP contribution < -0.4 is 10.2 Å². The van der Waals surface area contributed by atoms with Crippen LogP contribution in [0.5, 0.6) is 0 Å². The van der Waals surface area contributed by atoms with Crippen molar-refractivity contribution in [2.45, 2.75) is 12.8 Å². The summed E-state index contributed by atoms with van der Waals surface area (Å²) in [6, 6.07) is 7.48. The van der Waals surface area contributed by atoms with Crippen molar-refractivity contribution in [1.29, 1.82) is 0 Å². The maximum Gasteiger partial charge on any atom is 0.240 e. The number of nitrogens with zero attached hydrogens (tertiary/aromatic N) is 1. The Kier molecular flexibility index (Phi) is 3.80. The van der Waals surface area contributed by atoms with Gasteiger partial charge in [-0.25, -0.2) is 0 Å². The lowest BCUT2D eigenvalue weighted by molar-refractivity contribution is -0.118. The second-order valence-electron chi connectivity index (χ2n) is 3.88. The first-order chi connectivity index (χ1) is 7.79. The predicted molar refractivity (Wildman–Crippen MR) is 65.9 cm³/mol. The third-order valence-corrected chi connectivity index (χ3v) is 3.03. The molecule has 0 unspecified atom stereocenters. The van der Waals surface area contributed by atoms with E-state index in [1.807, 2.05) is 24.3 Å². The van der Waals surface area contributed by atoms with E-state index in [4.69, 9.17) is 11.6 Å². The summed E-state index contributed by atoms with van der Waals surface area (Å²) in [4.78, 5) is 13.7. The van der Waals surface area contributed by atoms with Gasteiger partial charge in [0.2, 0.25) is 5.91 Å². The number of rotatable bonds is 1. The number of amides is 1. The molecule has 2 rings (SSSR count). The molecule has 0 aromatic heterocycles. The fourth-order valence-electron chi connectivity index (χ4n) is 1.86. The molecule has 16 heavy (non-hydrogen) atoms. The number of para-hydroxylation sites is 1. The molecular formula is C12H15ClN2O. The van der Waals surface area contributed by atoms with Crippen molar-refractivity contribution in [1.82, 2.24) is 5.32 Å². The molecule has 1 aromatic rings. The van der Waals surface area contributed by atoms with Crippen molar-refractivity contribution in [2.75, 3.05) is 24.5 Å². The van der Waals surface area contributed by atoms with Gasteiger partial charge in [-0.3, -0.25) is 4.79 Å². The number of nitrogens with one attached hydrogen (secondary N) is 1. The van der Waals surface area contributed by atoms with Crippen LogP contribution in [-0.4, -0.2) is 25.5 Å². The van der Waals surface area contributed by atoms with E-state index in [0.29, 0.717) is 11.6 Å². The van der Waals surface area contributed by atoms with Gasteiger partial charge in [0.1, 0.15) is 0 Å². The van der Waals surface area contributed by atoms with Gasteiger partial charge in [-0.1, -0.05) is 23.7 Å². The topological polar surface area (TPSA) is 32.3 Å². The van der Waals surface area contributed by atoms with E-state index in [1.54, 1.807) is 4.90 Å². The van der Waals surface area contributed by atoms with Crippen molar-refractivity contribution >= 4 is 23.2 Å². The Morgan fingerprint density at radius 1 is 1.25 bits per heavy atom. The summed E-state index contributed by atoms with van der Waals surface area (Å²) >= 11 is 6.10. The van der Waals surface area contributed by atoms with E-state index in [1.165, 1.54) is 0 Å². The summed E-state index contributed by atoms with van der Waals surface area (Å²) in [5.41, 5.74) is 0.817. The predicted octanol–water partition coefficient (Wildman–Crippen LogP) is 2.06. The SMILES string of the molecule is O=C1CNCCCCN1c1ccccc1Cl. The lowest BCUT2D eigenvalue weighted by Crippen LogP contribution is -2.41. The average Bonchev–Trinajstić information content (AvgIpc) is 2.26. The van der Waals surface area contributed by atoms with Gasteiger partial charge in [-0.15, -0.1) is 0 Å². The summed E-state index contributed by atoms with van der Waals surface area (Å²) in [6.07, 6.45) is 2.10. The second-order valence-corrected chi connectivity index (χ2v) is 4.29. The van der Waals surface area contributed by atoms with Crippen molar-refractivity contribution in [3.05, 3.63) is 29.3 Å². The fraction of sp³-hybridized carbons (Fsp3) is 0.417. The maximum atomic E-state index is 11.9. The number of benzene rings is 1. The smallest absolute Gasteiger partial charge is 0.240 e.